The number of nitrogens with one attached hydrogen (secondary N) is 1. The Morgan fingerprint density at radius 1 is 1.29 bits per heavy atom. The van der Waals surface area contributed by atoms with E-state index in [1.165, 1.54) is 12.3 Å². The van der Waals surface area contributed by atoms with Gasteiger partial charge in [-0.05, 0) is 29.3 Å². The van der Waals surface area contributed by atoms with Crippen molar-refractivity contribution in [1.82, 2.24) is 0 Å². The standard InChI is InChI=1S/C12H9Cl2NO2/c13-7-8-3-1-2-4-10(8)15-12(16)9-5-6-17-11(9)14/h1-6H,7H2,(H,15,16). The molecular weight excluding hydrogens is 261 g/mol. The predicted molar refractivity (Wildman–Crippen MR) is 67.7 cm³/mol. The van der Waals surface area contributed by atoms with E-state index < -0.39 is 0 Å². The number of carbonyl (C=O) groups is 1. The van der Waals surface area contributed by atoms with E-state index in [1.54, 1.807) is 6.07 Å². The topological polar surface area (TPSA) is 42.2 Å². The highest BCUT2D eigenvalue weighted by Crippen LogP contribution is 2.21. The first-order valence-electron chi connectivity index (χ1n) is 4.90. The summed E-state index contributed by atoms with van der Waals surface area (Å²) in [6, 6.07) is 8.82. The largest absolute Gasteiger partial charge is 0.452 e. The lowest BCUT2D eigenvalue weighted by atomic mass is 10.2. The molecule has 0 fully saturated rings. The van der Waals surface area contributed by atoms with Gasteiger partial charge in [-0.1, -0.05) is 18.2 Å². The number of hydrogen-bond donors (Lipinski definition) is 1. The SMILES string of the molecule is O=C(Nc1ccccc1CCl)c1ccoc1Cl. The molecule has 17 heavy (non-hydrogen) atoms. The number of carbonyl (C=O) groups excluding carboxylic acids is 1. The monoisotopic (exact) mass is 269 g/mol. The fourth-order valence-electron chi connectivity index (χ4n) is 1.40. The number of furan rings is 1. The Labute approximate surface area is 108 Å². The highest BCUT2D eigenvalue weighted by molar-refractivity contribution is 6.32. The molecule has 0 bridgehead atoms. The third-order valence-electron chi connectivity index (χ3n) is 2.27. The van der Waals surface area contributed by atoms with Crippen LogP contribution in [0.1, 0.15) is 15.9 Å². The van der Waals surface area contributed by atoms with Crippen molar-refractivity contribution in [2.45, 2.75) is 5.88 Å². The highest BCUT2D eigenvalue weighted by atomic mass is 35.5. The molecule has 1 heterocycles. The van der Waals surface area contributed by atoms with Crippen molar-refractivity contribution >= 4 is 34.8 Å². The zero-order valence-electron chi connectivity index (χ0n) is 8.74. The molecule has 1 aromatic carbocycles. The number of amides is 1. The van der Waals surface area contributed by atoms with E-state index in [-0.39, 0.29) is 11.1 Å². The van der Waals surface area contributed by atoms with Gasteiger partial charge in [0, 0.05) is 11.6 Å². The Kier molecular flexibility index (Phi) is 3.71. The third kappa shape index (κ3) is 2.62. The van der Waals surface area contributed by atoms with Gasteiger partial charge in [0.15, 0.2) is 0 Å². The van der Waals surface area contributed by atoms with Gasteiger partial charge in [0.05, 0.1) is 11.8 Å². The van der Waals surface area contributed by atoms with Crippen LogP contribution in [0.4, 0.5) is 5.69 Å². The minimum absolute atomic E-state index is 0.0749. The smallest absolute Gasteiger partial charge is 0.260 e. The van der Waals surface area contributed by atoms with E-state index in [2.05, 4.69) is 5.32 Å². The average molecular weight is 270 g/mol. The molecule has 2 rings (SSSR count). The number of anilines is 1. The molecule has 0 saturated heterocycles. The van der Waals surface area contributed by atoms with E-state index in [1.807, 2.05) is 18.2 Å². The molecule has 0 aliphatic carbocycles. The summed E-state index contributed by atoms with van der Waals surface area (Å²) in [4.78, 5) is 11.9. The zero-order valence-corrected chi connectivity index (χ0v) is 10.3. The summed E-state index contributed by atoms with van der Waals surface area (Å²) in [6.45, 7) is 0. The summed E-state index contributed by atoms with van der Waals surface area (Å²) < 4.78 is 4.86. The van der Waals surface area contributed by atoms with Crippen molar-refractivity contribution in [2.24, 2.45) is 0 Å². The fourth-order valence-corrected chi connectivity index (χ4v) is 1.84. The normalized spacial score (nSPS) is 10.2. The maximum absolute atomic E-state index is 11.9. The van der Waals surface area contributed by atoms with Gasteiger partial charge in [0.2, 0.25) is 5.22 Å². The van der Waals surface area contributed by atoms with Crippen molar-refractivity contribution in [2.75, 3.05) is 5.32 Å². The van der Waals surface area contributed by atoms with E-state index in [0.717, 1.165) is 5.56 Å². The third-order valence-corrected chi connectivity index (χ3v) is 2.85. The minimum atomic E-state index is -0.318. The van der Waals surface area contributed by atoms with E-state index in [9.17, 15) is 4.79 Å². The molecule has 0 spiro atoms. The Morgan fingerprint density at radius 3 is 2.71 bits per heavy atom. The van der Waals surface area contributed by atoms with Crippen LogP contribution < -0.4 is 5.32 Å². The summed E-state index contributed by atoms with van der Waals surface area (Å²) in [5.74, 6) is 0.0107. The van der Waals surface area contributed by atoms with Gasteiger partial charge in [0.1, 0.15) is 0 Å². The Morgan fingerprint density at radius 2 is 2.06 bits per heavy atom. The molecule has 0 unspecified atom stereocenters. The lowest BCUT2D eigenvalue weighted by Gasteiger charge is -2.07. The molecule has 5 heteroatoms. The van der Waals surface area contributed by atoms with E-state index >= 15 is 0 Å². The molecule has 88 valence electrons. The van der Waals surface area contributed by atoms with Gasteiger partial charge < -0.3 is 9.73 Å². The summed E-state index contributed by atoms with van der Waals surface area (Å²) in [6.07, 6.45) is 1.37. The van der Waals surface area contributed by atoms with Crippen LogP contribution in [0.5, 0.6) is 0 Å². The first-order valence-corrected chi connectivity index (χ1v) is 5.82. The van der Waals surface area contributed by atoms with Crippen molar-refractivity contribution in [3.63, 3.8) is 0 Å². The number of alkyl halides is 1. The Bertz CT molecular complexity index is 537. The molecule has 0 radical (unpaired) electrons. The summed E-state index contributed by atoms with van der Waals surface area (Å²) in [5, 5.41) is 2.81. The van der Waals surface area contributed by atoms with E-state index in [4.69, 9.17) is 27.6 Å². The Balaban J connectivity index is 2.22. The molecule has 1 N–H and O–H groups in total. The lowest BCUT2D eigenvalue weighted by molar-refractivity contribution is 0.102. The quantitative estimate of drug-likeness (QED) is 0.859. The zero-order chi connectivity index (χ0) is 12.3. The molecule has 1 amide bonds. The summed E-state index contributed by atoms with van der Waals surface area (Å²) in [5.41, 5.74) is 1.82. The van der Waals surface area contributed by atoms with Crippen LogP contribution in [-0.2, 0) is 5.88 Å². The van der Waals surface area contributed by atoms with Crippen LogP contribution in [0.25, 0.3) is 0 Å². The van der Waals surface area contributed by atoms with Crippen LogP contribution in [0.2, 0.25) is 5.22 Å². The maximum Gasteiger partial charge on any atom is 0.260 e. The van der Waals surface area contributed by atoms with Gasteiger partial charge in [-0.3, -0.25) is 4.79 Å². The molecule has 0 atom stereocenters. The van der Waals surface area contributed by atoms with Crippen LogP contribution in [-0.4, -0.2) is 5.91 Å². The number of benzene rings is 1. The summed E-state index contributed by atoms with van der Waals surface area (Å²) >= 11 is 11.5. The maximum atomic E-state index is 11.9. The second-order valence-corrected chi connectivity index (χ2v) is 3.96. The van der Waals surface area contributed by atoms with Crippen LogP contribution in [0, 0.1) is 0 Å². The molecule has 1 aromatic heterocycles. The first kappa shape index (κ1) is 12.0. The van der Waals surface area contributed by atoms with Crippen molar-refractivity contribution in [1.29, 1.82) is 0 Å². The fraction of sp³-hybridized carbons (Fsp3) is 0.0833. The number of rotatable bonds is 3. The van der Waals surface area contributed by atoms with Gasteiger partial charge in [-0.25, -0.2) is 0 Å². The number of para-hydroxylation sites is 1. The number of hydrogen-bond acceptors (Lipinski definition) is 2. The molecule has 2 aromatic rings. The predicted octanol–water partition coefficient (Wildman–Crippen LogP) is 3.92. The molecule has 0 aliphatic heterocycles. The van der Waals surface area contributed by atoms with E-state index in [0.29, 0.717) is 17.1 Å². The van der Waals surface area contributed by atoms with Gasteiger partial charge in [0.25, 0.3) is 5.91 Å². The second-order valence-electron chi connectivity index (χ2n) is 3.35. The molecule has 0 saturated carbocycles. The van der Waals surface area contributed by atoms with Crippen molar-refractivity contribution in [3.05, 3.63) is 52.9 Å². The van der Waals surface area contributed by atoms with Crippen LogP contribution in [0.15, 0.2) is 41.0 Å². The molecular formula is C12H9Cl2NO2. The van der Waals surface area contributed by atoms with Gasteiger partial charge >= 0.3 is 0 Å². The average Bonchev–Trinajstić information content (AvgIpc) is 2.76. The van der Waals surface area contributed by atoms with Gasteiger partial charge in [-0.15, -0.1) is 11.6 Å². The van der Waals surface area contributed by atoms with Crippen LogP contribution in [0.3, 0.4) is 0 Å². The van der Waals surface area contributed by atoms with Gasteiger partial charge in [-0.2, -0.15) is 0 Å². The minimum Gasteiger partial charge on any atom is -0.452 e. The van der Waals surface area contributed by atoms with Crippen LogP contribution >= 0.6 is 23.2 Å². The second kappa shape index (κ2) is 5.25. The highest BCUT2D eigenvalue weighted by Gasteiger charge is 2.14. The molecule has 0 aliphatic rings. The summed E-state index contributed by atoms with van der Waals surface area (Å²) in [7, 11) is 0. The van der Waals surface area contributed by atoms with Crippen molar-refractivity contribution < 1.29 is 9.21 Å². The Hall–Kier alpha value is -1.45. The van der Waals surface area contributed by atoms with Crippen molar-refractivity contribution in [3.8, 4) is 0 Å². The molecule has 3 nitrogen and oxygen atoms in total. The number of halogens is 2. The first-order chi connectivity index (χ1) is 8.22. The lowest BCUT2D eigenvalue weighted by Crippen LogP contribution is -2.12.